The molecule has 0 aliphatic heterocycles. The molecule has 0 spiro atoms. The van der Waals surface area contributed by atoms with Crippen molar-refractivity contribution in [3.8, 4) is 5.75 Å². The molecule has 1 aromatic carbocycles. The van der Waals surface area contributed by atoms with Gasteiger partial charge in [-0.1, -0.05) is 18.9 Å². The Morgan fingerprint density at radius 3 is 2.84 bits per heavy atom. The molecule has 5 heteroatoms. The van der Waals surface area contributed by atoms with Gasteiger partial charge in [0.25, 0.3) is 5.91 Å². The average molecular weight is 266 g/mol. The lowest BCUT2D eigenvalue weighted by Crippen LogP contribution is -2.36. The molecule has 19 heavy (non-hydrogen) atoms. The molecule has 1 aromatic rings. The van der Waals surface area contributed by atoms with Crippen LogP contribution in [-0.4, -0.2) is 18.6 Å². The minimum absolute atomic E-state index is 0.0479. The lowest BCUT2D eigenvalue weighted by Gasteiger charge is -2.14. The largest absolute Gasteiger partial charge is 0.483 e. The molecular weight excluding hydrogens is 247 g/mol. The smallest absolute Gasteiger partial charge is 0.258 e. The number of halogens is 1. The van der Waals surface area contributed by atoms with Gasteiger partial charge >= 0.3 is 0 Å². The third-order valence-corrected chi connectivity index (χ3v) is 3.36. The minimum atomic E-state index is -0.406. The van der Waals surface area contributed by atoms with Crippen LogP contribution in [0.2, 0.25) is 0 Å². The molecule has 1 aliphatic carbocycles. The van der Waals surface area contributed by atoms with Gasteiger partial charge in [0.1, 0.15) is 11.6 Å². The molecule has 2 rings (SSSR count). The summed E-state index contributed by atoms with van der Waals surface area (Å²) in [6, 6.07) is 4.75. The summed E-state index contributed by atoms with van der Waals surface area (Å²) in [5, 5.41) is 2.91. The first-order valence-electron chi connectivity index (χ1n) is 6.60. The molecule has 1 amide bonds. The molecule has 3 N–H and O–H groups in total. The maximum atomic E-state index is 13.4. The minimum Gasteiger partial charge on any atom is -0.483 e. The summed E-state index contributed by atoms with van der Waals surface area (Å²) in [5.74, 6) is -0.237. The highest BCUT2D eigenvalue weighted by Gasteiger charge is 2.17. The second kappa shape index (κ2) is 6.52. The van der Waals surface area contributed by atoms with Gasteiger partial charge in [0.2, 0.25) is 0 Å². The van der Waals surface area contributed by atoms with E-state index in [0.29, 0.717) is 11.3 Å². The zero-order valence-corrected chi connectivity index (χ0v) is 10.8. The number of rotatable bonds is 5. The van der Waals surface area contributed by atoms with E-state index >= 15 is 0 Å². The molecule has 1 aliphatic rings. The monoisotopic (exact) mass is 266 g/mol. The molecule has 1 saturated carbocycles. The first-order valence-corrected chi connectivity index (χ1v) is 6.60. The van der Waals surface area contributed by atoms with E-state index in [9.17, 15) is 9.18 Å². The second-order valence-electron chi connectivity index (χ2n) is 4.76. The van der Waals surface area contributed by atoms with Gasteiger partial charge in [0.05, 0.1) is 0 Å². The summed E-state index contributed by atoms with van der Waals surface area (Å²) >= 11 is 0. The van der Waals surface area contributed by atoms with E-state index in [1.807, 2.05) is 0 Å². The molecule has 0 aromatic heterocycles. The number of amides is 1. The van der Waals surface area contributed by atoms with E-state index in [4.69, 9.17) is 10.5 Å². The number of hydrogen-bond donors (Lipinski definition) is 2. The van der Waals surface area contributed by atoms with Crippen LogP contribution >= 0.6 is 0 Å². The van der Waals surface area contributed by atoms with Crippen LogP contribution in [0.3, 0.4) is 0 Å². The van der Waals surface area contributed by atoms with Gasteiger partial charge < -0.3 is 15.8 Å². The van der Waals surface area contributed by atoms with Crippen molar-refractivity contribution in [3.05, 3.63) is 29.6 Å². The summed E-state index contributed by atoms with van der Waals surface area (Å²) in [5.41, 5.74) is 5.77. The fourth-order valence-corrected chi connectivity index (χ4v) is 2.35. The van der Waals surface area contributed by atoms with Crippen LogP contribution in [0.1, 0.15) is 31.2 Å². The van der Waals surface area contributed by atoms with Crippen LogP contribution in [0.25, 0.3) is 0 Å². The van der Waals surface area contributed by atoms with Crippen LogP contribution in [0.4, 0.5) is 4.39 Å². The van der Waals surface area contributed by atoms with E-state index in [0.717, 1.165) is 25.7 Å². The molecular formula is C14H19FN2O2. The number of carbonyl (C=O) groups is 1. The number of hydrogen-bond acceptors (Lipinski definition) is 3. The SMILES string of the molecule is NCc1c(F)cccc1OCC(=O)NC1CCCC1. The van der Waals surface area contributed by atoms with E-state index in [-0.39, 0.29) is 25.1 Å². The van der Waals surface area contributed by atoms with Crippen molar-refractivity contribution in [1.29, 1.82) is 0 Å². The molecule has 0 bridgehead atoms. The molecule has 0 heterocycles. The lowest BCUT2D eigenvalue weighted by atomic mass is 10.2. The number of benzene rings is 1. The van der Waals surface area contributed by atoms with Crippen LogP contribution in [0.5, 0.6) is 5.75 Å². The van der Waals surface area contributed by atoms with Gasteiger partial charge in [0, 0.05) is 18.2 Å². The predicted octanol–water partition coefficient (Wildman–Crippen LogP) is 1.72. The van der Waals surface area contributed by atoms with E-state index in [2.05, 4.69) is 5.32 Å². The van der Waals surface area contributed by atoms with E-state index < -0.39 is 5.82 Å². The standard InChI is InChI=1S/C14H19FN2O2/c15-12-6-3-7-13(11(12)8-16)19-9-14(18)17-10-4-1-2-5-10/h3,6-7,10H,1-2,4-5,8-9,16H2,(H,17,18). The molecule has 4 nitrogen and oxygen atoms in total. The van der Waals surface area contributed by atoms with Crippen LogP contribution in [-0.2, 0) is 11.3 Å². The maximum absolute atomic E-state index is 13.4. The van der Waals surface area contributed by atoms with Gasteiger partial charge in [-0.15, -0.1) is 0 Å². The molecule has 0 saturated heterocycles. The molecule has 0 unspecified atom stereocenters. The summed E-state index contributed by atoms with van der Waals surface area (Å²) in [6.45, 7) is -0.0563. The normalized spacial score (nSPS) is 15.5. The first-order chi connectivity index (χ1) is 9.20. The molecule has 0 atom stereocenters. The van der Waals surface area contributed by atoms with Crippen molar-refractivity contribution in [2.75, 3.05) is 6.61 Å². The highest BCUT2D eigenvalue weighted by atomic mass is 19.1. The van der Waals surface area contributed by atoms with Crippen LogP contribution in [0, 0.1) is 5.82 Å². The van der Waals surface area contributed by atoms with Crippen LogP contribution < -0.4 is 15.8 Å². The zero-order chi connectivity index (χ0) is 13.7. The number of ether oxygens (including phenoxy) is 1. The van der Waals surface area contributed by atoms with Gasteiger partial charge in [0.15, 0.2) is 6.61 Å². The topological polar surface area (TPSA) is 64.3 Å². The van der Waals surface area contributed by atoms with Crippen molar-refractivity contribution in [2.45, 2.75) is 38.3 Å². The Morgan fingerprint density at radius 1 is 1.42 bits per heavy atom. The Kier molecular flexibility index (Phi) is 4.74. The van der Waals surface area contributed by atoms with Crippen LogP contribution in [0.15, 0.2) is 18.2 Å². The summed E-state index contributed by atoms with van der Waals surface area (Å²) < 4.78 is 18.8. The molecule has 1 fully saturated rings. The zero-order valence-electron chi connectivity index (χ0n) is 10.8. The van der Waals surface area contributed by atoms with Gasteiger partial charge in [-0.05, 0) is 25.0 Å². The maximum Gasteiger partial charge on any atom is 0.258 e. The molecule has 0 radical (unpaired) electrons. The Hall–Kier alpha value is -1.62. The third kappa shape index (κ3) is 3.67. The van der Waals surface area contributed by atoms with E-state index in [1.165, 1.54) is 6.07 Å². The van der Waals surface area contributed by atoms with Crippen molar-refractivity contribution >= 4 is 5.91 Å². The summed E-state index contributed by atoms with van der Waals surface area (Å²) in [4.78, 5) is 11.7. The highest BCUT2D eigenvalue weighted by molar-refractivity contribution is 5.77. The highest BCUT2D eigenvalue weighted by Crippen LogP contribution is 2.21. The van der Waals surface area contributed by atoms with Crippen molar-refractivity contribution in [3.63, 3.8) is 0 Å². The number of carbonyl (C=O) groups excluding carboxylic acids is 1. The summed E-state index contributed by atoms with van der Waals surface area (Å²) in [7, 11) is 0. The van der Waals surface area contributed by atoms with Crippen molar-refractivity contribution in [2.24, 2.45) is 5.73 Å². The Bertz CT molecular complexity index is 445. The molecule has 104 valence electrons. The fraction of sp³-hybridized carbons (Fsp3) is 0.500. The van der Waals surface area contributed by atoms with E-state index in [1.54, 1.807) is 12.1 Å². The van der Waals surface area contributed by atoms with Crippen molar-refractivity contribution < 1.29 is 13.9 Å². The fourth-order valence-electron chi connectivity index (χ4n) is 2.35. The predicted molar refractivity (Wildman–Crippen MR) is 70.2 cm³/mol. The third-order valence-electron chi connectivity index (χ3n) is 3.36. The Labute approximate surface area is 112 Å². The van der Waals surface area contributed by atoms with Gasteiger partial charge in [-0.2, -0.15) is 0 Å². The Balaban J connectivity index is 1.87. The van der Waals surface area contributed by atoms with Crippen molar-refractivity contribution in [1.82, 2.24) is 5.32 Å². The lowest BCUT2D eigenvalue weighted by molar-refractivity contribution is -0.123. The number of nitrogens with one attached hydrogen (secondary N) is 1. The summed E-state index contributed by atoms with van der Waals surface area (Å²) in [6.07, 6.45) is 4.37. The Morgan fingerprint density at radius 2 is 2.16 bits per heavy atom. The number of nitrogens with two attached hydrogens (primary N) is 1. The van der Waals surface area contributed by atoms with Gasteiger partial charge in [-0.25, -0.2) is 4.39 Å². The second-order valence-corrected chi connectivity index (χ2v) is 4.76. The van der Waals surface area contributed by atoms with Gasteiger partial charge in [-0.3, -0.25) is 4.79 Å². The quantitative estimate of drug-likeness (QED) is 0.853. The first kappa shape index (κ1) is 13.8. The average Bonchev–Trinajstić information content (AvgIpc) is 2.89.